The molecule has 3 rings (SSSR count). The summed E-state index contributed by atoms with van der Waals surface area (Å²) in [4.78, 5) is 21.2. The second kappa shape index (κ2) is 4.64. The Morgan fingerprint density at radius 3 is 2.74 bits per heavy atom. The van der Waals surface area contributed by atoms with Crippen LogP contribution < -0.4 is 4.74 Å². The summed E-state index contributed by atoms with van der Waals surface area (Å²) in [6.45, 7) is 0. The van der Waals surface area contributed by atoms with Crippen molar-refractivity contribution in [1.29, 1.82) is 0 Å². The molecule has 5 nitrogen and oxygen atoms in total. The Bertz CT molecular complexity index is 528. The number of nitro groups is 1. The summed E-state index contributed by atoms with van der Waals surface area (Å²) in [6, 6.07) is 4.37. The maximum atomic E-state index is 11.0. The summed E-state index contributed by atoms with van der Waals surface area (Å²) >= 11 is 0. The third-order valence-electron chi connectivity index (χ3n) is 4.27. The number of nitro benzene ring substituents is 1. The number of ether oxygens (including phenoxy) is 1. The Hall–Kier alpha value is -1.91. The van der Waals surface area contributed by atoms with Crippen molar-refractivity contribution in [2.75, 3.05) is 0 Å². The van der Waals surface area contributed by atoms with E-state index in [1.54, 1.807) is 6.07 Å². The highest BCUT2D eigenvalue weighted by Crippen LogP contribution is 2.46. The summed E-state index contributed by atoms with van der Waals surface area (Å²) in [6.07, 6.45) is 5.31. The van der Waals surface area contributed by atoms with Crippen molar-refractivity contribution < 1.29 is 14.5 Å². The molecule has 1 aromatic carbocycles. The van der Waals surface area contributed by atoms with E-state index in [2.05, 4.69) is 0 Å². The lowest BCUT2D eigenvalue weighted by Gasteiger charge is -2.22. The topological polar surface area (TPSA) is 69.4 Å². The lowest BCUT2D eigenvalue weighted by molar-refractivity contribution is -0.386. The predicted octanol–water partition coefficient (Wildman–Crippen LogP) is 2.97. The first-order valence-electron chi connectivity index (χ1n) is 6.57. The van der Waals surface area contributed by atoms with Crippen molar-refractivity contribution in [3.63, 3.8) is 0 Å². The summed E-state index contributed by atoms with van der Waals surface area (Å²) in [7, 11) is 0. The highest BCUT2D eigenvalue weighted by molar-refractivity contribution is 5.77. The number of carbonyl (C=O) groups excluding carboxylic acids is 1. The molecule has 0 saturated heterocycles. The van der Waals surface area contributed by atoms with Crippen molar-refractivity contribution in [1.82, 2.24) is 0 Å². The van der Waals surface area contributed by atoms with Crippen LogP contribution in [0, 0.1) is 22.0 Å². The molecule has 0 aliphatic heterocycles. The van der Waals surface area contributed by atoms with E-state index in [1.807, 2.05) is 0 Å². The number of fused-ring (bicyclic) bond motifs is 2. The average molecular weight is 261 g/mol. The zero-order chi connectivity index (χ0) is 13.4. The number of carbonyl (C=O) groups is 1. The molecule has 2 aliphatic carbocycles. The highest BCUT2D eigenvalue weighted by atomic mass is 16.6. The quantitative estimate of drug-likeness (QED) is 0.474. The molecule has 5 heteroatoms. The monoisotopic (exact) mass is 261 g/mol. The van der Waals surface area contributed by atoms with E-state index in [1.165, 1.54) is 25.0 Å². The lowest BCUT2D eigenvalue weighted by atomic mass is 9.97. The Balaban J connectivity index is 1.84. The number of rotatable bonds is 4. The number of aldehydes is 1. The molecule has 3 unspecified atom stereocenters. The first kappa shape index (κ1) is 12.1. The van der Waals surface area contributed by atoms with Crippen molar-refractivity contribution in [3.05, 3.63) is 33.9 Å². The summed E-state index contributed by atoms with van der Waals surface area (Å²) in [5, 5.41) is 11.0. The number of nitrogens with zero attached hydrogens (tertiary/aromatic N) is 1. The summed E-state index contributed by atoms with van der Waals surface area (Å²) in [5.74, 6) is 1.55. The van der Waals surface area contributed by atoms with Crippen LogP contribution in [0.3, 0.4) is 0 Å². The van der Waals surface area contributed by atoms with Crippen LogP contribution >= 0.6 is 0 Å². The molecule has 0 N–H and O–H groups in total. The summed E-state index contributed by atoms with van der Waals surface area (Å²) < 4.78 is 5.84. The van der Waals surface area contributed by atoms with Crippen molar-refractivity contribution in [3.8, 4) is 5.75 Å². The smallest absolute Gasteiger partial charge is 0.311 e. The molecule has 0 radical (unpaired) electrons. The van der Waals surface area contributed by atoms with Gasteiger partial charge in [0.05, 0.1) is 4.92 Å². The third kappa shape index (κ3) is 2.20. The van der Waals surface area contributed by atoms with Crippen molar-refractivity contribution in [2.24, 2.45) is 11.8 Å². The van der Waals surface area contributed by atoms with Crippen LogP contribution in [0.5, 0.6) is 5.75 Å². The third-order valence-corrected chi connectivity index (χ3v) is 4.27. The van der Waals surface area contributed by atoms with Gasteiger partial charge in [0.15, 0.2) is 5.75 Å². The van der Waals surface area contributed by atoms with E-state index in [9.17, 15) is 14.9 Å². The fourth-order valence-electron chi connectivity index (χ4n) is 3.34. The van der Waals surface area contributed by atoms with Gasteiger partial charge in [-0.3, -0.25) is 14.9 Å². The second-order valence-electron chi connectivity index (χ2n) is 5.43. The van der Waals surface area contributed by atoms with Crippen LogP contribution in [0.2, 0.25) is 0 Å². The SMILES string of the molecule is O=Cc1ccc(OC2CC3CCC2C3)c([N+](=O)[O-])c1. The molecule has 2 bridgehead atoms. The molecule has 19 heavy (non-hydrogen) atoms. The minimum atomic E-state index is -0.491. The van der Waals surface area contributed by atoms with E-state index in [0.29, 0.717) is 17.8 Å². The van der Waals surface area contributed by atoms with Gasteiger partial charge in [-0.05, 0) is 49.7 Å². The number of hydrogen-bond acceptors (Lipinski definition) is 4. The van der Waals surface area contributed by atoms with Gasteiger partial charge >= 0.3 is 5.69 Å². The Labute approximate surface area is 110 Å². The standard InChI is InChI=1S/C14H15NO4/c16-8-10-2-4-13(12(6-10)15(17)18)19-14-7-9-1-3-11(14)5-9/h2,4,6,8-9,11,14H,1,3,5,7H2. The van der Waals surface area contributed by atoms with Gasteiger partial charge in [0.25, 0.3) is 0 Å². The van der Waals surface area contributed by atoms with Gasteiger partial charge < -0.3 is 4.74 Å². The van der Waals surface area contributed by atoms with E-state index in [-0.39, 0.29) is 17.5 Å². The van der Waals surface area contributed by atoms with Crippen LogP contribution in [0.15, 0.2) is 18.2 Å². The van der Waals surface area contributed by atoms with Crippen molar-refractivity contribution >= 4 is 12.0 Å². The summed E-state index contributed by atoms with van der Waals surface area (Å²) in [5.41, 5.74) is 0.180. The van der Waals surface area contributed by atoms with E-state index in [0.717, 1.165) is 18.8 Å². The fourth-order valence-corrected chi connectivity index (χ4v) is 3.34. The molecule has 0 aromatic heterocycles. The minimum Gasteiger partial charge on any atom is -0.483 e. The largest absolute Gasteiger partial charge is 0.483 e. The normalized spacial score (nSPS) is 28.3. The number of hydrogen-bond donors (Lipinski definition) is 0. The molecular formula is C14H15NO4. The van der Waals surface area contributed by atoms with E-state index >= 15 is 0 Å². The maximum Gasteiger partial charge on any atom is 0.311 e. The number of benzene rings is 1. The first-order chi connectivity index (χ1) is 9.17. The maximum absolute atomic E-state index is 11.0. The molecule has 2 aliphatic rings. The molecular weight excluding hydrogens is 246 g/mol. The van der Waals surface area contributed by atoms with Gasteiger partial charge in [-0.25, -0.2) is 0 Å². The van der Waals surface area contributed by atoms with Gasteiger partial charge in [-0.1, -0.05) is 0 Å². The van der Waals surface area contributed by atoms with Crippen LogP contribution in [-0.2, 0) is 0 Å². The molecule has 100 valence electrons. The van der Waals surface area contributed by atoms with Gasteiger partial charge in [-0.15, -0.1) is 0 Å². The molecule has 0 heterocycles. The Kier molecular flexibility index (Phi) is 2.97. The highest BCUT2D eigenvalue weighted by Gasteiger charge is 2.41. The predicted molar refractivity (Wildman–Crippen MR) is 68.3 cm³/mol. The minimum absolute atomic E-state index is 0.0968. The van der Waals surface area contributed by atoms with Gasteiger partial charge in [0.2, 0.25) is 0 Å². The fraction of sp³-hybridized carbons (Fsp3) is 0.500. The Morgan fingerprint density at radius 2 is 2.16 bits per heavy atom. The molecule has 0 spiro atoms. The van der Waals surface area contributed by atoms with Gasteiger partial charge in [0.1, 0.15) is 12.4 Å². The molecule has 1 aromatic rings. The van der Waals surface area contributed by atoms with Crippen LogP contribution in [0.25, 0.3) is 0 Å². The zero-order valence-electron chi connectivity index (χ0n) is 10.5. The molecule has 0 amide bonds. The lowest BCUT2D eigenvalue weighted by Crippen LogP contribution is -2.23. The van der Waals surface area contributed by atoms with Crippen LogP contribution in [-0.4, -0.2) is 17.3 Å². The van der Waals surface area contributed by atoms with Gasteiger partial charge in [0, 0.05) is 11.6 Å². The first-order valence-corrected chi connectivity index (χ1v) is 6.57. The molecule has 2 fully saturated rings. The molecule has 2 saturated carbocycles. The van der Waals surface area contributed by atoms with Gasteiger partial charge in [-0.2, -0.15) is 0 Å². The second-order valence-corrected chi connectivity index (χ2v) is 5.43. The van der Waals surface area contributed by atoms with E-state index in [4.69, 9.17) is 4.74 Å². The Morgan fingerprint density at radius 1 is 1.32 bits per heavy atom. The van der Waals surface area contributed by atoms with Crippen molar-refractivity contribution in [2.45, 2.75) is 31.8 Å². The van der Waals surface area contributed by atoms with Crippen LogP contribution in [0.1, 0.15) is 36.0 Å². The zero-order valence-corrected chi connectivity index (χ0v) is 10.5. The average Bonchev–Trinajstić information content (AvgIpc) is 3.01. The molecule has 3 atom stereocenters. The van der Waals surface area contributed by atoms with Crippen LogP contribution in [0.4, 0.5) is 5.69 Å². The van der Waals surface area contributed by atoms with E-state index < -0.39 is 4.92 Å².